The molecule has 0 fully saturated rings. The first-order chi connectivity index (χ1) is 9.44. The maximum Gasteiger partial charge on any atom is 0.192 e. The van der Waals surface area contributed by atoms with Gasteiger partial charge in [-0.25, -0.2) is 14.4 Å². The lowest BCUT2D eigenvalue weighted by Gasteiger charge is -2.21. The van der Waals surface area contributed by atoms with Gasteiger partial charge in [-0.05, 0) is 62.4 Å². The normalized spacial score (nSPS) is 11.6. The van der Waals surface area contributed by atoms with E-state index in [2.05, 4.69) is 36.1 Å². The summed E-state index contributed by atoms with van der Waals surface area (Å²) < 4.78 is 13.4. The largest absolute Gasteiger partial charge is 0.308 e. The van der Waals surface area contributed by atoms with Gasteiger partial charge in [-0.3, -0.25) is 0 Å². The fourth-order valence-electron chi connectivity index (χ4n) is 1.58. The maximum absolute atomic E-state index is 13.4. The molecular formula is C15H18FN3S. The molecule has 1 aromatic heterocycles. The van der Waals surface area contributed by atoms with Crippen molar-refractivity contribution in [2.75, 3.05) is 0 Å². The van der Waals surface area contributed by atoms with Gasteiger partial charge in [-0.2, -0.15) is 0 Å². The smallest absolute Gasteiger partial charge is 0.192 e. The van der Waals surface area contributed by atoms with Crippen LogP contribution in [-0.4, -0.2) is 15.5 Å². The second-order valence-corrected chi connectivity index (χ2v) is 6.50. The summed E-state index contributed by atoms with van der Waals surface area (Å²) in [6.45, 7) is 6.86. The van der Waals surface area contributed by atoms with Gasteiger partial charge in [0.05, 0.1) is 0 Å². The standard InChI is InChI=1S/C15H18FN3S/c1-15(2,3)19-10-11-9-12(16)5-6-13(11)20-14-17-7-4-8-18-14/h4-9,19H,10H2,1-3H3. The van der Waals surface area contributed by atoms with Crippen molar-refractivity contribution in [2.45, 2.75) is 42.9 Å². The van der Waals surface area contributed by atoms with Gasteiger partial charge < -0.3 is 5.32 Å². The van der Waals surface area contributed by atoms with Crippen molar-refractivity contribution in [2.24, 2.45) is 0 Å². The lowest BCUT2D eigenvalue weighted by Crippen LogP contribution is -2.35. The van der Waals surface area contributed by atoms with E-state index in [1.54, 1.807) is 30.6 Å². The highest BCUT2D eigenvalue weighted by Gasteiger charge is 2.12. The Balaban J connectivity index is 2.19. The monoisotopic (exact) mass is 291 g/mol. The molecule has 106 valence electrons. The molecule has 5 heteroatoms. The minimum absolute atomic E-state index is 0.0164. The average molecular weight is 291 g/mol. The number of hydrogen-bond donors (Lipinski definition) is 1. The molecule has 0 radical (unpaired) electrons. The molecule has 0 aliphatic heterocycles. The first-order valence-corrected chi connectivity index (χ1v) is 7.24. The second-order valence-electron chi connectivity index (χ2n) is 5.49. The second kappa shape index (κ2) is 6.33. The SMILES string of the molecule is CC(C)(C)NCc1cc(F)ccc1Sc1ncccn1. The van der Waals surface area contributed by atoms with Crippen molar-refractivity contribution in [1.29, 1.82) is 0 Å². The van der Waals surface area contributed by atoms with Crippen LogP contribution in [0.2, 0.25) is 0 Å². The number of rotatable bonds is 4. The van der Waals surface area contributed by atoms with Crippen molar-refractivity contribution in [1.82, 2.24) is 15.3 Å². The summed E-state index contributed by atoms with van der Waals surface area (Å²) in [5.41, 5.74) is 0.898. The third kappa shape index (κ3) is 4.58. The summed E-state index contributed by atoms with van der Waals surface area (Å²) in [6.07, 6.45) is 3.40. The van der Waals surface area contributed by atoms with Gasteiger partial charge in [0.25, 0.3) is 0 Å². The van der Waals surface area contributed by atoms with Crippen LogP contribution in [0.5, 0.6) is 0 Å². The lowest BCUT2D eigenvalue weighted by molar-refractivity contribution is 0.422. The summed E-state index contributed by atoms with van der Waals surface area (Å²) in [7, 11) is 0. The number of aromatic nitrogens is 2. The molecule has 0 unspecified atom stereocenters. The van der Waals surface area contributed by atoms with Crippen LogP contribution in [0.25, 0.3) is 0 Å². The number of nitrogens with one attached hydrogen (secondary N) is 1. The number of hydrogen-bond acceptors (Lipinski definition) is 4. The molecule has 1 aromatic carbocycles. The summed E-state index contributed by atoms with van der Waals surface area (Å²) in [5.74, 6) is -0.228. The molecule has 0 saturated carbocycles. The lowest BCUT2D eigenvalue weighted by atomic mass is 10.1. The van der Waals surface area contributed by atoms with E-state index in [4.69, 9.17) is 0 Å². The molecule has 1 N–H and O–H groups in total. The van der Waals surface area contributed by atoms with E-state index in [0.29, 0.717) is 11.7 Å². The van der Waals surface area contributed by atoms with E-state index in [9.17, 15) is 4.39 Å². The zero-order valence-corrected chi connectivity index (χ0v) is 12.7. The topological polar surface area (TPSA) is 37.8 Å². The van der Waals surface area contributed by atoms with Crippen LogP contribution >= 0.6 is 11.8 Å². The molecule has 0 aliphatic rings. The van der Waals surface area contributed by atoms with Crippen molar-refractivity contribution >= 4 is 11.8 Å². The Morgan fingerprint density at radius 3 is 2.55 bits per heavy atom. The highest BCUT2D eigenvalue weighted by atomic mass is 32.2. The summed E-state index contributed by atoms with van der Waals surface area (Å²) >= 11 is 1.44. The van der Waals surface area contributed by atoms with E-state index < -0.39 is 0 Å². The van der Waals surface area contributed by atoms with Crippen LogP contribution < -0.4 is 5.32 Å². The molecular weight excluding hydrogens is 273 g/mol. The minimum atomic E-state index is -0.228. The highest BCUT2D eigenvalue weighted by molar-refractivity contribution is 7.99. The number of nitrogens with zero attached hydrogens (tertiary/aromatic N) is 2. The van der Waals surface area contributed by atoms with E-state index in [1.165, 1.54) is 17.8 Å². The third-order valence-corrected chi connectivity index (χ3v) is 3.59. The molecule has 0 saturated heterocycles. The van der Waals surface area contributed by atoms with E-state index in [1.807, 2.05) is 0 Å². The van der Waals surface area contributed by atoms with Crippen molar-refractivity contribution in [3.05, 3.63) is 48.0 Å². The van der Waals surface area contributed by atoms with Gasteiger partial charge in [-0.15, -0.1) is 0 Å². The quantitative estimate of drug-likeness (QED) is 0.873. The van der Waals surface area contributed by atoms with Gasteiger partial charge in [0.1, 0.15) is 5.82 Å². The fourth-order valence-corrected chi connectivity index (χ4v) is 2.40. The van der Waals surface area contributed by atoms with Crippen LogP contribution in [0.1, 0.15) is 26.3 Å². The Labute approximate surface area is 123 Å². The average Bonchev–Trinajstić information content (AvgIpc) is 2.39. The van der Waals surface area contributed by atoms with Gasteiger partial charge >= 0.3 is 0 Å². The van der Waals surface area contributed by atoms with Gasteiger partial charge in [0.15, 0.2) is 5.16 Å². The van der Waals surface area contributed by atoms with Crippen LogP contribution in [0.3, 0.4) is 0 Å². The Bertz CT molecular complexity index is 567. The predicted octanol–water partition coefficient (Wildman–Crippen LogP) is 3.66. The zero-order chi connectivity index (χ0) is 14.6. The highest BCUT2D eigenvalue weighted by Crippen LogP contribution is 2.28. The summed E-state index contributed by atoms with van der Waals surface area (Å²) in [4.78, 5) is 9.34. The summed E-state index contributed by atoms with van der Waals surface area (Å²) in [5, 5.41) is 4.03. The molecule has 0 bridgehead atoms. The maximum atomic E-state index is 13.4. The van der Waals surface area contributed by atoms with Crippen LogP contribution in [0, 0.1) is 5.82 Å². The Morgan fingerprint density at radius 1 is 1.20 bits per heavy atom. The third-order valence-electron chi connectivity index (χ3n) is 2.58. The number of benzene rings is 1. The predicted molar refractivity (Wildman–Crippen MR) is 79.1 cm³/mol. The molecule has 0 spiro atoms. The van der Waals surface area contributed by atoms with E-state index in [0.717, 1.165) is 10.5 Å². The minimum Gasteiger partial charge on any atom is -0.308 e. The fraction of sp³-hybridized carbons (Fsp3) is 0.333. The molecule has 0 aliphatic carbocycles. The molecule has 0 amide bonds. The molecule has 0 atom stereocenters. The first kappa shape index (κ1) is 14.9. The van der Waals surface area contributed by atoms with E-state index >= 15 is 0 Å². The van der Waals surface area contributed by atoms with Crippen molar-refractivity contribution in [3.63, 3.8) is 0 Å². The van der Waals surface area contributed by atoms with Crippen molar-refractivity contribution in [3.8, 4) is 0 Å². The van der Waals surface area contributed by atoms with Gasteiger partial charge in [0, 0.05) is 29.4 Å². The van der Waals surface area contributed by atoms with Gasteiger partial charge in [0.2, 0.25) is 0 Å². The summed E-state index contributed by atoms with van der Waals surface area (Å²) in [6, 6.07) is 6.57. The van der Waals surface area contributed by atoms with Crippen LogP contribution in [0.4, 0.5) is 4.39 Å². The Kier molecular flexibility index (Phi) is 4.73. The molecule has 1 heterocycles. The van der Waals surface area contributed by atoms with Crippen molar-refractivity contribution < 1.29 is 4.39 Å². The zero-order valence-electron chi connectivity index (χ0n) is 11.9. The first-order valence-electron chi connectivity index (χ1n) is 6.42. The van der Waals surface area contributed by atoms with Crippen LogP contribution in [0.15, 0.2) is 46.7 Å². The molecule has 3 nitrogen and oxygen atoms in total. The van der Waals surface area contributed by atoms with Gasteiger partial charge in [-0.1, -0.05) is 0 Å². The number of halogens is 1. The Hall–Kier alpha value is -1.46. The molecule has 20 heavy (non-hydrogen) atoms. The van der Waals surface area contributed by atoms with Crippen LogP contribution in [-0.2, 0) is 6.54 Å². The van der Waals surface area contributed by atoms with E-state index in [-0.39, 0.29) is 11.4 Å². The molecule has 2 aromatic rings. The molecule has 2 rings (SSSR count). The Morgan fingerprint density at radius 2 is 1.90 bits per heavy atom.